The van der Waals surface area contributed by atoms with Gasteiger partial charge in [-0.25, -0.2) is 9.97 Å². The molecule has 0 radical (unpaired) electrons. The first-order valence-electron chi connectivity index (χ1n) is 8.58. The van der Waals surface area contributed by atoms with Crippen LogP contribution in [0.1, 0.15) is 17.3 Å². The molecule has 8 heteroatoms. The number of piperazine rings is 1. The minimum absolute atomic E-state index is 0.0360. The maximum Gasteiger partial charge on any atom is 0.254 e. The highest BCUT2D eigenvalue weighted by molar-refractivity contribution is 6.29. The quantitative estimate of drug-likeness (QED) is 0.635. The van der Waals surface area contributed by atoms with Crippen molar-refractivity contribution in [2.45, 2.75) is 6.92 Å². The molecule has 1 aromatic carbocycles. The number of benzene rings is 1. The number of fused-ring (bicyclic) bond motifs is 1. The molecule has 2 aromatic heterocycles. The predicted molar refractivity (Wildman–Crippen MR) is 100 cm³/mol. The molecule has 3 aromatic rings. The lowest BCUT2D eigenvalue weighted by molar-refractivity contribution is -0.130. The number of carbonyl (C=O) groups is 2. The molecule has 0 spiro atoms. The molecule has 1 saturated heterocycles. The third kappa shape index (κ3) is 3.50. The molecule has 0 bridgehead atoms. The van der Waals surface area contributed by atoms with E-state index in [4.69, 9.17) is 16.0 Å². The van der Waals surface area contributed by atoms with Crippen LogP contribution in [0, 0.1) is 0 Å². The number of halogens is 1. The summed E-state index contributed by atoms with van der Waals surface area (Å²) in [6, 6.07) is 8.65. The Balaban J connectivity index is 1.57. The van der Waals surface area contributed by atoms with E-state index in [-0.39, 0.29) is 11.8 Å². The average Bonchev–Trinajstić information content (AvgIpc) is 3.11. The van der Waals surface area contributed by atoms with Crippen LogP contribution in [-0.2, 0) is 4.79 Å². The summed E-state index contributed by atoms with van der Waals surface area (Å²) in [7, 11) is 0. The SMILES string of the molecule is CC(=O)N1CCN(C(=O)c2ccc3nc(-c4ccnc(Cl)c4)oc3c2)CC1. The largest absolute Gasteiger partial charge is 0.436 e. The Labute approximate surface area is 160 Å². The number of aromatic nitrogens is 2. The van der Waals surface area contributed by atoms with Gasteiger partial charge >= 0.3 is 0 Å². The number of hydrogen-bond acceptors (Lipinski definition) is 5. The van der Waals surface area contributed by atoms with Crippen LogP contribution in [0.4, 0.5) is 0 Å². The van der Waals surface area contributed by atoms with Crippen LogP contribution in [0.3, 0.4) is 0 Å². The molecule has 0 saturated carbocycles. The van der Waals surface area contributed by atoms with E-state index < -0.39 is 0 Å². The summed E-state index contributed by atoms with van der Waals surface area (Å²) in [4.78, 5) is 36.1. The number of pyridine rings is 1. The summed E-state index contributed by atoms with van der Waals surface area (Å²) in [6.07, 6.45) is 1.59. The van der Waals surface area contributed by atoms with Crippen molar-refractivity contribution < 1.29 is 14.0 Å². The topological polar surface area (TPSA) is 79.5 Å². The average molecular weight is 385 g/mol. The Morgan fingerprint density at radius 1 is 1.07 bits per heavy atom. The smallest absolute Gasteiger partial charge is 0.254 e. The summed E-state index contributed by atoms with van der Waals surface area (Å²) < 4.78 is 5.81. The van der Waals surface area contributed by atoms with Gasteiger partial charge in [-0.15, -0.1) is 0 Å². The number of hydrogen-bond donors (Lipinski definition) is 0. The van der Waals surface area contributed by atoms with E-state index in [1.807, 2.05) is 0 Å². The lowest BCUT2D eigenvalue weighted by Gasteiger charge is -2.34. The van der Waals surface area contributed by atoms with Crippen molar-refractivity contribution >= 4 is 34.5 Å². The summed E-state index contributed by atoms with van der Waals surface area (Å²) in [5.41, 5.74) is 2.45. The van der Waals surface area contributed by atoms with Crippen molar-refractivity contribution in [2.75, 3.05) is 26.2 Å². The fourth-order valence-electron chi connectivity index (χ4n) is 3.12. The van der Waals surface area contributed by atoms with Crippen LogP contribution < -0.4 is 0 Å². The standard InChI is InChI=1S/C19H17ClN4O3/c1-12(25)23-6-8-24(9-7-23)19(26)14-2-3-15-16(10-14)27-18(22-15)13-4-5-21-17(20)11-13/h2-5,10-11H,6-9H2,1H3. The van der Waals surface area contributed by atoms with Crippen LogP contribution in [0.15, 0.2) is 40.9 Å². The molecule has 0 atom stereocenters. The Hall–Kier alpha value is -2.93. The number of carbonyl (C=O) groups excluding carboxylic acids is 2. The Morgan fingerprint density at radius 3 is 2.52 bits per heavy atom. The van der Waals surface area contributed by atoms with Crippen LogP contribution in [0.5, 0.6) is 0 Å². The molecular weight excluding hydrogens is 368 g/mol. The van der Waals surface area contributed by atoms with Crippen molar-refractivity contribution in [3.8, 4) is 11.5 Å². The van der Waals surface area contributed by atoms with Crippen LogP contribution in [0.2, 0.25) is 5.15 Å². The summed E-state index contributed by atoms with van der Waals surface area (Å²) in [5, 5.41) is 0.357. The van der Waals surface area contributed by atoms with Gasteiger partial charge in [0.05, 0.1) is 0 Å². The lowest BCUT2D eigenvalue weighted by atomic mass is 10.1. The molecule has 4 rings (SSSR count). The molecule has 1 aliphatic rings. The zero-order valence-corrected chi connectivity index (χ0v) is 15.4. The lowest BCUT2D eigenvalue weighted by Crippen LogP contribution is -2.50. The number of nitrogens with zero attached hydrogens (tertiary/aromatic N) is 4. The number of oxazole rings is 1. The molecule has 1 aliphatic heterocycles. The predicted octanol–water partition coefficient (Wildman–Crippen LogP) is 2.85. The van der Waals surface area contributed by atoms with Crippen LogP contribution in [-0.4, -0.2) is 57.8 Å². The van der Waals surface area contributed by atoms with E-state index in [1.54, 1.807) is 53.3 Å². The second-order valence-electron chi connectivity index (χ2n) is 6.37. The highest BCUT2D eigenvalue weighted by atomic mass is 35.5. The zero-order chi connectivity index (χ0) is 19.0. The third-order valence-electron chi connectivity index (χ3n) is 4.62. The van der Waals surface area contributed by atoms with E-state index in [2.05, 4.69) is 9.97 Å². The van der Waals surface area contributed by atoms with Crippen LogP contribution >= 0.6 is 11.6 Å². The van der Waals surface area contributed by atoms with E-state index in [0.29, 0.717) is 53.9 Å². The molecule has 3 heterocycles. The van der Waals surface area contributed by atoms with Gasteiger partial charge in [-0.3, -0.25) is 9.59 Å². The first-order valence-corrected chi connectivity index (χ1v) is 8.96. The van der Waals surface area contributed by atoms with Crippen LogP contribution in [0.25, 0.3) is 22.6 Å². The van der Waals surface area contributed by atoms with E-state index in [0.717, 1.165) is 5.56 Å². The Morgan fingerprint density at radius 2 is 1.81 bits per heavy atom. The zero-order valence-electron chi connectivity index (χ0n) is 14.7. The van der Waals surface area contributed by atoms with Gasteiger partial charge in [0.2, 0.25) is 11.8 Å². The summed E-state index contributed by atoms with van der Waals surface area (Å²) in [5.74, 6) is 0.382. The molecule has 1 fully saturated rings. The molecule has 2 amide bonds. The van der Waals surface area contributed by atoms with Gasteiger partial charge in [0.15, 0.2) is 5.58 Å². The molecule has 138 valence electrons. The van der Waals surface area contributed by atoms with Gasteiger partial charge in [-0.2, -0.15) is 0 Å². The number of amides is 2. The van der Waals surface area contributed by atoms with E-state index in [1.165, 1.54) is 0 Å². The molecular formula is C19H17ClN4O3. The van der Waals surface area contributed by atoms with Gasteiger partial charge < -0.3 is 14.2 Å². The molecule has 27 heavy (non-hydrogen) atoms. The molecule has 0 N–H and O–H groups in total. The van der Waals surface area contributed by atoms with E-state index >= 15 is 0 Å². The summed E-state index contributed by atoms with van der Waals surface area (Å²) >= 11 is 5.92. The monoisotopic (exact) mass is 384 g/mol. The van der Waals surface area contributed by atoms with Gasteiger partial charge in [-0.05, 0) is 30.3 Å². The van der Waals surface area contributed by atoms with Gasteiger partial charge in [0, 0.05) is 50.4 Å². The maximum absolute atomic E-state index is 12.8. The minimum atomic E-state index is -0.0787. The van der Waals surface area contributed by atoms with Crippen molar-refractivity contribution in [1.82, 2.24) is 19.8 Å². The second kappa shape index (κ2) is 7.00. The van der Waals surface area contributed by atoms with Crippen molar-refractivity contribution in [3.05, 3.63) is 47.2 Å². The van der Waals surface area contributed by atoms with Crippen molar-refractivity contribution in [3.63, 3.8) is 0 Å². The summed E-state index contributed by atoms with van der Waals surface area (Å²) in [6.45, 7) is 3.70. The van der Waals surface area contributed by atoms with Gasteiger partial charge in [0.25, 0.3) is 5.91 Å². The fourth-order valence-corrected chi connectivity index (χ4v) is 3.30. The number of rotatable bonds is 2. The van der Waals surface area contributed by atoms with E-state index in [9.17, 15) is 9.59 Å². The third-order valence-corrected chi connectivity index (χ3v) is 4.83. The highest BCUT2D eigenvalue weighted by Gasteiger charge is 2.23. The molecule has 0 unspecified atom stereocenters. The molecule has 7 nitrogen and oxygen atoms in total. The first-order chi connectivity index (χ1) is 13.0. The molecule has 0 aliphatic carbocycles. The fraction of sp³-hybridized carbons (Fsp3) is 0.263. The van der Waals surface area contributed by atoms with Gasteiger partial charge in [0.1, 0.15) is 10.7 Å². The second-order valence-corrected chi connectivity index (χ2v) is 6.75. The normalized spacial score (nSPS) is 14.6. The highest BCUT2D eigenvalue weighted by Crippen LogP contribution is 2.26. The Kier molecular flexibility index (Phi) is 4.53. The Bertz CT molecular complexity index is 1020. The van der Waals surface area contributed by atoms with Gasteiger partial charge in [-0.1, -0.05) is 11.6 Å². The first kappa shape index (κ1) is 17.5. The maximum atomic E-state index is 12.8. The van der Waals surface area contributed by atoms with Crippen molar-refractivity contribution in [1.29, 1.82) is 0 Å². The van der Waals surface area contributed by atoms with Crippen molar-refractivity contribution in [2.24, 2.45) is 0 Å². The minimum Gasteiger partial charge on any atom is -0.436 e.